The molecule has 0 N–H and O–H groups in total. The van der Waals surface area contributed by atoms with Crippen molar-refractivity contribution < 1.29 is 9.53 Å². The monoisotopic (exact) mass is 307 g/mol. The minimum Gasteiger partial charge on any atom is -0.441 e. The van der Waals surface area contributed by atoms with Crippen LogP contribution < -0.4 is 0 Å². The number of rotatable bonds is 4. The molecule has 2 aromatic heterocycles. The molecular weight excluding hydrogens is 290 g/mol. The number of carbonyl (C=O) groups is 1. The van der Waals surface area contributed by atoms with Crippen LogP contribution in [0.5, 0.6) is 0 Å². The highest BCUT2D eigenvalue weighted by atomic mass is 16.6. The van der Waals surface area contributed by atoms with Crippen LogP contribution in [-0.4, -0.2) is 20.6 Å². The summed E-state index contributed by atoms with van der Waals surface area (Å²) in [4.78, 5) is 20.3. The molecule has 3 aromatic rings. The van der Waals surface area contributed by atoms with Gasteiger partial charge in [0.05, 0.1) is 5.69 Å². The van der Waals surface area contributed by atoms with Crippen LogP contribution in [-0.2, 0) is 4.74 Å². The van der Waals surface area contributed by atoms with Gasteiger partial charge in [0.25, 0.3) is 0 Å². The van der Waals surface area contributed by atoms with Gasteiger partial charge in [-0.15, -0.1) is 0 Å². The molecule has 0 aliphatic rings. The molecular formula is C18H17N3O2. The third-order valence-corrected chi connectivity index (χ3v) is 3.56. The standard InChI is InChI=1S/C18H17N3O2/c1-2-17(23-18(22)21-11-10-19-13-21)15-8-9-16(20-12-15)14-6-4-3-5-7-14/h3-13,17H,2H2,1H3. The molecule has 1 atom stereocenters. The minimum atomic E-state index is -0.443. The molecule has 0 fully saturated rings. The Balaban J connectivity index is 1.75. The van der Waals surface area contributed by atoms with E-state index in [1.54, 1.807) is 18.6 Å². The summed E-state index contributed by atoms with van der Waals surface area (Å²) in [6.07, 6.45) is 6.18. The van der Waals surface area contributed by atoms with E-state index in [2.05, 4.69) is 9.97 Å². The van der Waals surface area contributed by atoms with Gasteiger partial charge in [-0.3, -0.25) is 4.98 Å². The topological polar surface area (TPSA) is 57.0 Å². The van der Waals surface area contributed by atoms with E-state index >= 15 is 0 Å². The summed E-state index contributed by atoms with van der Waals surface area (Å²) in [5.74, 6) is 0. The van der Waals surface area contributed by atoms with E-state index in [1.807, 2.05) is 49.4 Å². The SMILES string of the molecule is CCC(OC(=O)n1ccnc1)c1ccc(-c2ccccc2)nc1. The molecule has 3 rings (SSSR count). The van der Waals surface area contributed by atoms with Gasteiger partial charge in [0, 0.05) is 29.7 Å². The van der Waals surface area contributed by atoms with Crippen LogP contribution in [0.15, 0.2) is 67.4 Å². The van der Waals surface area contributed by atoms with E-state index in [-0.39, 0.29) is 6.10 Å². The molecule has 2 heterocycles. The number of benzene rings is 1. The van der Waals surface area contributed by atoms with Crippen molar-refractivity contribution in [2.24, 2.45) is 0 Å². The Hall–Kier alpha value is -2.95. The second-order valence-corrected chi connectivity index (χ2v) is 5.09. The van der Waals surface area contributed by atoms with Crippen LogP contribution in [0.2, 0.25) is 0 Å². The minimum absolute atomic E-state index is 0.331. The van der Waals surface area contributed by atoms with Crippen LogP contribution >= 0.6 is 0 Å². The molecule has 5 heteroatoms. The zero-order chi connectivity index (χ0) is 16.1. The van der Waals surface area contributed by atoms with Gasteiger partial charge in [-0.25, -0.2) is 14.3 Å². The molecule has 0 saturated carbocycles. The predicted molar refractivity (Wildman–Crippen MR) is 86.8 cm³/mol. The van der Waals surface area contributed by atoms with Crippen LogP contribution in [0.25, 0.3) is 11.3 Å². The lowest BCUT2D eigenvalue weighted by molar-refractivity contribution is 0.0963. The highest BCUT2D eigenvalue weighted by molar-refractivity contribution is 5.70. The van der Waals surface area contributed by atoms with Crippen molar-refractivity contribution in [1.29, 1.82) is 0 Å². The number of aromatic nitrogens is 3. The number of ether oxygens (including phenoxy) is 1. The van der Waals surface area contributed by atoms with Crippen molar-refractivity contribution in [1.82, 2.24) is 14.5 Å². The Bertz CT molecular complexity index is 753. The van der Waals surface area contributed by atoms with Crippen molar-refractivity contribution in [3.8, 4) is 11.3 Å². The molecule has 1 aromatic carbocycles. The van der Waals surface area contributed by atoms with Crippen LogP contribution in [0, 0.1) is 0 Å². The lowest BCUT2D eigenvalue weighted by atomic mass is 10.1. The predicted octanol–water partition coefficient (Wildman–Crippen LogP) is 4.08. The van der Waals surface area contributed by atoms with Gasteiger partial charge in [0.2, 0.25) is 0 Å². The number of hydrogen-bond donors (Lipinski definition) is 0. The normalized spacial score (nSPS) is 11.9. The summed E-state index contributed by atoms with van der Waals surface area (Å²) in [7, 11) is 0. The molecule has 0 amide bonds. The molecule has 0 radical (unpaired) electrons. The fourth-order valence-corrected chi connectivity index (χ4v) is 2.31. The maximum Gasteiger partial charge on any atom is 0.419 e. The van der Waals surface area contributed by atoms with Crippen molar-refractivity contribution in [3.05, 3.63) is 72.9 Å². The van der Waals surface area contributed by atoms with Gasteiger partial charge >= 0.3 is 6.09 Å². The Labute approximate surface area is 134 Å². The summed E-state index contributed by atoms with van der Waals surface area (Å²) in [5, 5.41) is 0. The third-order valence-electron chi connectivity index (χ3n) is 3.56. The number of imidazole rings is 1. The lowest BCUT2D eigenvalue weighted by Crippen LogP contribution is -2.16. The molecule has 0 bridgehead atoms. The summed E-state index contributed by atoms with van der Waals surface area (Å²) in [6, 6.07) is 13.8. The first-order valence-electron chi connectivity index (χ1n) is 7.48. The third kappa shape index (κ3) is 3.45. The molecule has 116 valence electrons. The maximum atomic E-state index is 12.0. The Morgan fingerprint density at radius 2 is 2.04 bits per heavy atom. The van der Waals surface area contributed by atoms with Gasteiger partial charge in [-0.2, -0.15) is 0 Å². The zero-order valence-electron chi connectivity index (χ0n) is 12.8. The molecule has 5 nitrogen and oxygen atoms in total. The summed E-state index contributed by atoms with van der Waals surface area (Å²) in [5.41, 5.74) is 2.83. The van der Waals surface area contributed by atoms with Crippen LogP contribution in [0.1, 0.15) is 25.0 Å². The Morgan fingerprint density at radius 3 is 2.65 bits per heavy atom. The highest BCUT2D eigenvalue weighted by Gasteiger charge is 2.16. The van der Waals surface area contributed by atoms with Crippen molar-refractivity contribution in [2.75, 3.05) is 0 Å². The van der Waals surface area contributed by atoms with E-state index in [1.165, 1.54) is 10.9 Å². The fourth-order valence-electron chi connectivity index (χ4n) is 2.31. The Kier molecular flexibility index (Phi) is 4.47. The summed E-state index contributed by atoms with van der Waals surface area (Å²) >= 11 is 0. The average molecular weight is 307 g/mol. The molecule has 1 unspecified atom stereocenters. The molecule has 23 heavy (non-hydrogen) atoms. The highest BCUT2D eigenvalue weighted by Crippen LogP contribution is 2.23. The summed E-state index contributed by atoms with van der Waals surface area (Å²) in [6.45, 7) is 1.97. The molecule has 0 saturated heterocycles. The van der Waals surface area contributed by atoms with E-state index in [4.69, 9.17) is 4.74 Å². The van der Waals surface area contributed by atoms with Gasteiger partial charge in [-0.05, 0) is 12.5 Å². The van der Waals surface area contributed by atoms with Crippen molar-refractivity contribution in [3.63, 3.8) is 0 Å². The van der Waals surface area contributed by atoms with Gasteiger partial charge in [-0.1, -0.05) is 43.3 Å². The zero-order valence-corrected chi connectivity index (χ0v) is 12.8. The van der Waals surface area contributed by atoms with E-state index < -0.39 is 6.09 Å². The largest absolute Gasteiger partial charge is 0.441 e. The first-order chi connectivity index (χ1) is 11.3. The summed E-state index contributed by atoms with van der Waals surface area (Å²) < 4.78 is 6.83. The number of nitrogens with zero attached hydrogens (tertiary/aromatic N) is 3. The van der Waals surface area contributed by atoms with Crippen LogP contribution in [0.4, 0.5) is 4.79 Å². The van der Waals surface area contributed by atoms with Gasteiger partial charge < -0.3 is 4.74 Å². The van der Waals surface area contributed by atoms with Crippen molar-refractivity contribution >= 4 is 6.09 Å². The van der Waals surface area contributed by atoms with Gasteiger partial charge in [0.1, 0.15) is 12.4 Å². The smallest absolute Gasteiger partial charge is 0.419 e. The van der Waals surface area contributed by atoms with E-state index in [0.29, 0.717) is 6.42 Å². The lowest BCUT2D eigenvalue weighted by Gasteiger charge is -2.16. The van der Waals surface area contributed by atoms with Crippen LogP contribution in [0.3, 0.4) is 0 Å². The Morgan fingerprint density at radius 1 is 1.22 bits per heavy atom. The maximum absolute atomic E-state index is 12.0. The van der Waals surface area contributed by atoms with Gasteiger partial charge in [0.15, 0.2) is 0 Å². The number of hydrogen-bond acceptors (Lipinski definition) is 4. The first kappa shape index (κ1) is 15.0. The van der Waals surface area contributed by atoms with E-state index in [0.717, 1.165) is 16.8 Å². The number of carbonyl (C=O) groups excluding carboxylic acids is 1. The average Bonchev–Trinajstić information content (AvgIpc) is 3.15. The fraction of sp³-hybridized carbons (Fsp3) is 0.167. The van der Waals surface area contributed by atoms with Crippen molar-refractivity contribution in [2.45, 2.75) is 19.4 Å². The molecule has 0 aliphatic carbocycles. The second kappa shape index (κ2) is 6.87. The molecule has 0 spiro atoms. The quantitative estimate of drug-likeness (QED) is 0.728. The first-order valence-corrected chi connectivity index (χ1v) is 7.48. The number of pyridine rings is 1. The van der Waals surface area contributed by atoms with E-state index in [9.17, 15) is 4.79 Å². The second-order valence-electron chi connectivity index (χ2n) is 5.09. The molecule has 0 aliphatic heterocycles.